The molecule has 0 saturated carbocycles. The van der Waals surface area contributed by atoms with Gasteiger partial charge in [0.05, 0.1) is 6.42 Å². The molecule has 1 aromatic heterocycles. The van der Waals surface area contributed by atoms with E-state index in [4.69, 9.17) is 0 Å². The van der Waals surface area contributed by atoms with Crippen LogP contribution in [0.15, 0.2) is 59.2 Å². The van der Waals surface area contributed by atoms with Crippen LogP contribution in [0.2, 0.25) is 0 Å². The van der Waals surface area contributed by atoms with E-state index < -0.39 is 0 Å². The molecule has 4 heteroatoms. The number of carbonyl (C=O) groups excluding carboxylic acids is 1. The highest BCUT2D eigenvalue weighted by molar-refractivity contribution is 9.10. The highest BCUT2D eigenvalue weighted by atomic mass is 79.9. The molecule has 1 saturated heterocycles. The number of likely N-dealkylation sites (tertiary alicyclic amines) is 1. The van der Waals surface area contributed by atoms with Gasteiger partial charge in [0, 0.05) is 34.2 Å². The molecule has 1 unspecified atom stereocenters. The summed E-state index contributed by atoms with van der Waals surface area (Å²) >= 11 is 3.44. The van der Waals surface area contributed by atoms with Gasteiger partial charge in [-0.2, -0.15) is 0 Å². The Kier molecular flexibility index (Phi) is 4.62. The molecular weight excluding hydrogens is 376 g/mol. The average Bonchev–Trinajstić information content (AvgIpc) is 3.25. The summed E-state index contributed by atoms with van der Waals surface area (Å²) in [6.45, 7) is 0.877. The Morgan fingerprint density at radius 3 is 2.80 bits per heavy atom. The van der Waals surface area contributed by atoms with Crippen molar-refractivity contribution in [1.29, 1.82) is 0 Å². The molecule has 0 aliphatic carbocycles. The molecule has 4 rings (SSSR count). The number of para-hydroxylation sites is 1. The largest absolute Gasteiger partial charge is 0.361 e. The number of benzene rings is 2. The zero-order chi connectivity index (χ0) is 17.2. The Bertz CT molecular complexity index is 884. The number of aromatic amines is 1. The predicted molar refractivity (Wildman–Crippen MR) is 105 cm³/mol. The number of hydrogen-bond acceptors (Lipinski definition) is 1. The Morgan fingerprint density at radius 2 is 1.96 bits per heavy atom. The lowest BCUT2D eigenvalue weighted by Crippen LogP contribution is -2.37. The van der Waals surface area contributed by atoms with Crippen molar-refractivity contribution in [2.75, 3.05) is 6.54 Å². The van der Waals surface area contributed by atoms with Gasteiger partial charge in [-0.15, -0.1) is 0 Å². The van der Waals surface area contributed by atoms with Crippen molar-refractivity contribution >= 4 is 32.7 Å². The summed E-state index contributed by atoms with van der Waals surface area (Å²) in [5, 5.41) is 1.27. The summed E-state index contributed by atoms with van der Waals surface area (Å²) in [5.74, 6) is 0.240. The maximum absolute atomic E-state index is 12.8. The fourth-order valence-electron chi connectivity index (χ4n) is 3.81. The second-order valence-corrected chi connectivity index (χ2v) is 7.67. The van der Waals surface area contributed by atoms with Gasteiger partial charge in [-0.1, -0.05) is 46.3 Å². The van der Waals surface area contributed by atoms with E-state index in [1.54, 1.807) is 0 Å². The van der Waals surface area contributed by atoms with Crippen molar-refractivity contribution in [1.82, 2.24) is 9.88 Å². The van der Waals surface area contributed by atoms with E-state index in [0.717, 1.165) is 35.8 Å². The van der Waals surface area contributed by atoms with Crippen molar-refractivity contribution in [3.63, 3.8) is 0 Å². The number of halogens is 1. The van der Waals surface area contributed by atoms with Gasteiger partial charge in [-0.3, -0.25) is 4.79 Å². The second-order valence-electron chi connectivity index (χ2n) is 6.75. The lowest BCUT2D eigenvalue weighted by atomic mass is 10.0. The summed E-state index contributed by atoms with van der Waals surface area (Å²) < 4.78 is 1.04. The van der Waals surface area contributed by atoms with Gasteiger partial charge in [0.25, 0.3) is 0 Å². The van der Waals surface area contributed by atoms with Crippen molar-refractivity contribution in [3.8, 4) is 0 Å². The highest BCUT2D eigenvalue weighted by Gasteiger charge is 2.29. The van der Waals surface area contributed by atoms with Crippen molar-refractivity contribution in [3.05, 3.63) is 70.3 Å². The first kappa shape index (κ1) is 16.4. The highest BCUT2D eigenvalue weighted by Crippen LogP contribution is 2.26. The maximum atomic E-state index is 12.8. The minimum atomic E-state index is 0.240. The quantitative estimate of drug-likeness (QED) is 0.680. The molecule has 2 aromatic carbocycles. The van der Waals surface area contributed by atoms with Crippen LogP contribution in [-0.4, -0.2) is 28.4 Å². The lowest BCUT2D eigenvalue weighted by molar-refractivity contribution is -0.131. The van der Waals surface area contributed by atoms with Crippen LogP contribution in [0.5, 0.6) is 0 Å². The summed E-state index contributed by atoms with van der Waals surface area (Å²) in [4.78, 5) is 18.2. The summed E-state index contributed by atoms with van der Waals surface area (Å²) in [6.07, 6.45) is 5.69. The molecule has 1 aliphatic heterocycles. The van der Waals surface area contributed by atoms with Crippen LogP contribution in [0.1, 0.15) is 24.0 Å². The third-order valence-corrected chi connectivity index (χ3v) is 5.63. The molecule has 1 atom stereocenters. The molecule has 0 radical (unpaired) electrons. The van der Waals surface area contributed by atoms with Gasteiger partial charge in [-0.05, 0) is 48.6 Å². The van der Waals surface area contributed by atoms with Crippen LogP contribution in [-0.2, 0) is 17.6 Å². The summed E-state index contributed by atoms with van der Waals surface area (Å²) in [7, 11) is 0. The molecule has 25 heavy (non-hydrogen) atoms. The number of fused-ring (bicyclic) bond motifs is 1. The number of hydrogen-bond donors (Lipinski definition) is 1. The number of rotatable bonds is 4. The Morgan fingerprint density at radius 1 is 1.16 bits per heavy atom. The van der Waals surface area contributed by atoms with Gasteiger partial charge in [0.1, 0.15) is 0 Å². The van der Waals surface area contributed by atoms with Crippen molar-refractivity contribution < 1.29 is 4.79 Å². The normalized spacial score (nSPS) is 17.3. The van der Waals surface area contributed by atoms with E-state index in [1.165, 1.54) is 16.5 Å². The molecule has 3 nitrogen and oxygen atoms in total. The average molecular weight is 397 g/mol. The molecule has 1 fully saturated rings. The fraction of sp³-hybridized carbons (Fsp3) is 0.286. The summed E-state index contributed by atoms with van der Waals surface area (Å²) in [6, 6.07) is 16.7. The first-order valence-corrected chi connectivity index (χ1v) is 9.59. The number of carbonyl (C=O) groups is 1. The van der Waals surface area contributed by atoms with Crippen molar-refractivity contribution in [2.45, 2.75) is 31.7 Å². The molecule has 3 aromatic rings. The van der Waals surface area contributed by atoms with E-state index in [1.807, 2.05) is 30.3 Å². The summed E-state index contributed by atoms with van der Waals surface area (Å²) in [5.41, 5.74) is 3.55. The number of nitrogens with one attached hydrogen (secondary N) is 1. The number of amides is 1. The topological polar surface area (TPSA) is 36.1 Å². The molecular formula is C21H21BrN2O. The smallest absolute Gasteiger partial charge is 0.227 e. The zero-order valence-electron chi connectivity index (χ0n) is 14.0. The third kappa shape index (κ3) is 3.49. The van der Waals surface area contributed by atoms with E-state index in [0.29, 0.717) is 12.5 Å². The third-order valence-electron chi connectivity index (χ3n) is 5.10. The van der Waals surface area contributed by atoms with E-state index in [2.05, 4.69) is 50.2 Å². The zero-order valence-corrected chi connectivity index (χ0v) is 15.6. The van der Waals surface area contributed by atoms with Gasteiger partial charge in [0.2, 0.25) is 5.91 Å². The lowest BCUT2D eigenvalue weighted by Gasteiger charge is -2.25. The Balaban J connectivity index is 1.48. The SMILES string of the molecule is O=C(Cc1ccc(Br)cc1)N1CCCC1Cc1c[nH]c2ccccc12. The predicted octanol–water partition coefficient (Wildman–Crippen LogP) is 4.71. The first-order chi connectivity index (χ1) is 12.2. The standard InChI is InChI=1S/C21H21BrN2O/c22-17-9-7-15(8-10-17)12-21(25)24-11-3-4-18(24)13-16-14-23-20-6-2-1-5-19(16)20/h1-2,5-10,14,18,23H,3-4,11-13H2. The van der Waals surface area contributed by atoms with E-state index in [9.17, 15) is 4.79 Å². The molecule has 0 bridgehead atoms. The van der Waals surface area contributed by atoms with Gasteiger partial charge < -0.3 is 9.88 Å². The first-order valence-electron chi connectivity index (χ1n) is 8.79. The molecule has 1 N–H and O–H groups in total. The van der Waals surface area contributed by atoms with E-state index >= 15 is 0 Å². The van der Waals surface area contributed by atoms with Crippen LogP contribution in [0.3, 0.4) is 0 Å². The minimum absolute atomic E-state index is 0.240. The monoisotopic (exact) mass is 396 g/mol. The van der Waals surface area contributed by atoms with Gasteiger partial charge in [-0.25, -0.2) is 0 Å². The Hall–Kier alpha value is -2.07. The minimum Gasteiger partial charge on any atom is -0.361 e. The molecule has 1 aliphatic rings. The van der Waals surface area contributed by atoms with Crippen LogP contribution in [0.4, 0.5) is 0 Å². The number of nitrogens with zero attached hydrogens (tertiary/aromatic N) is 1. The number of aromatic nitrogens is 1. The van der Waals surface area contributed by atoms with Crippen molar-refractivity contribution in [2.24, 2.45) is 0 Å². The Labute approximate surface area is 156 Å². The molecule has 1 amide bonds. The van der Waals surface area contributed by atoms with Crippen LogP contribution >= 0.6 is 15.9 Å². The fourth-order valence-corrected chi connectivity index (χ4v) is 4.07. The number of H-pyrrole nitrogens is 1. The maximum Gasteiger partial charge on any atom is 0.227 e. The van der Waals surface area contributed by atoms with Crippen LogP contribution < -0.4 is 0 Å². The van der Waals surface area contributed by atoms with Gasteiger partial charge in [0.15, 0.2) is 0 Å². The van der Waals surface area contributed by atoms with E-state index in [-0.39, 0.29) is 5.91 Å². The van der Waals surface area contributed by atoms with Crippen LogP contribution in [0, 0.1) is 0 Å². The molecule has 0 spiro atoms. The molecule has 128 valence electrons. The second kappa shape index (κ2) is 7.04. The van der Waals surface area contributed by atoms with Gasteiger partial charge >= 0.3 is 0 Å². The molecule has 2 heterocycles. The van der Waals surface area contributed by atoms with Crippen LogP contribution in [0.25, 0.3) is 10.9 Å².